The summed E-state index contributed by atoms with van der Waals surface area (Å²) in [6.07, 6.45) is 3.63. The van der Waals surface area contributed by atoms with Gasteiger partial charge in [-0.05, 0) is 70.9 Å². The Bertz CT molecular complexity index is 494. The van der Waals surface area contributed by atoms with Crippen molar-refractivity contribution in [2.75, 3.05) is 26.7 Å². The Morgan fingerprint density at radius 3 is 2.30 bits per heavy atom. The number of nitrogens with zero attached hydrogens (tertiary/aromatic N) is 2. The fourth-order valence-electron chi connectivity index (χ4n) is 4.15. The smallest absolute Gasteiger partial charge is 0.123 e. The van der Waals surface area contributed by atoms with Crippen LogP contribution >= 0.6 is 0 Å². The minimum absolute atomic E-state index is 0.153. The van der Waals surface area contributed by atoms with E-state index >= 15 is 0 Å². The molecule has 0 bridgehead atoms. The Morgan fingerprint density at radius 2 is 1.70 bits per heavy atom. The van der Waals surface area contributed by atoms with Gasteiger partial charge in [-0.25, -0.2) is 4.39 Å². The van der Waals surface area contributed by atoms with Gasteiger partial charge in [0.05, 0.1) is 0 Å². The Kier molecular flexibility index (Phi) is 5.34. The number of rotatable bonds is 4. The van der Waals surface area contributed by atoms with E-state index in [4.69, 9.17) is 0 Å². The fourth-order valence-corrected chi connectivity index (χ4v) is 4.15. The minimum atomic E-state index is -0.153. The molecule has 1 aromatic carbocycles. The summed E-state index contributed by atoms with van der Waals surface area (Å²) in [5.41, 5.74) is 1.23. The minimum Gasteiger partial charge on any atom is -0.309 e. The van der Waals surface area contributed by atoms with E-state index in [0.717, 1.165) is 6.54 Å². The maximum absolute atomic E-state index is 13.2. The van der Waals surface area contributed by atoms with Crippen molar-refractivity contribution < 1.29 is 4.39 Å². The molecule has 3 rings (SSSR count). The molecule has 128 valence electrons. The van der Waals surface area contributed by atoms with Crippen molar-refractivity contribution in [2.24, 2.45) is 0 Å². The summed E-state index contributed by atoms with van der Waals surface area (Å²) in [6.45, 7) is 8.05. The number of halogens is 1. The molecule has 2 unspecified atom stereocenters. The molecule has 0 aromatic heterocycles. The van der Waals surface area contributed by atoms with Gasteiger partial charge in [0.15, 0.2) is 0 Å². The molecule has 1 N–H and O–H groups in total. The van der Waals surface area contributed by atoms with Gasteiger partial charge in [0.2, 0.25) is 0 Å². The molecule has 0 spiro atoms. The lowest BCUT2D eigenvalue weighted by molar-refractivity contribution is 0.152. The molecular formula is C19H30FN3. The van der Waals surface area contributed by atoms with Gasteiger partial charge in [-0.2, -0.15) is 0 Å². The molecule has 3 nitrogen and oxygen atoms in total. The monoisotopic (exact) mass is 319 g/mol. The second kappa shape index (κ2) is 7.29. The Hall–Kier alpha value is -0.970. The average Bonchev–Trinajstić information content (AvgIpc) is 2.89. The predicted octanol–water partition coefficient (Wildman–Crippen LogP) is 3.03. The second-order valence-corrected chi connectivity index (χ2v) is 7.44. The van der Waals surface area contributed by atoms with E-state index in [1.807, 2.05) is 12.1 Å². The summed E-state index contributed by atoms with van der Waals surface area (Å²) in [7, 11) is 2.18. The first-order valence-electron chi connectivity index (χ1n) is 9.00. The van der Waals surface area contributed by atoms with Crippen LogP contribution in [-0.4, -0.2) is 54.6 Å². The SMILES string of the molecule is CC(C)N1CCC(NC2CCN(C)C2c2ccc(F)cc2)CC1. The van der Waals surface area contributed by atoms with Crippen molar-refractivity contribution in [3.8, 4) is 0 Å². The number of hydrogen-bond acceptors (Lipinski definition) is 3. The Balaban J connectivity index is 1.62. The third-order valence-electron chi connectivity index (χ3n) is 5.57. The molecule has 2 aliphatic heterocycles. The standard InChI is InChI=1S/C19H30FN3/c1-14(2)23-12-8-17(9-13-23)21-18-10-11-22(3)19(18)15-4-6-16(20)7-5-15/h4-7,14,17-19,21H,8-13H2,1-3H3. The average molecular weight is 319 g/mol. The van der Waals surface area contributed by atoms with E-state index in [1.165, 1.54) is 37.9 Å². The normalized spacial score (nSPS) is 27.9. The number of nitrogens with one attached hydrogen (secondary N) is 1. The van der Waals surface area contributed by atoms with E-state index < -0.39 is 0 Å². The van der Waals surface area contributed by atoms with Crippen molar-refractivity contribution in [3.63, 3.8) is 0 Å². The first-order chi connectivity index (χ1) is 11.0. The van der Waals surface area contributed by atoms with E-state index in [-0.39, 0.29) is 5.82 Å². The topological polar surface area (TPSA) is 18.5 Å². The molecular weight excluding hydrogens is 289 g/mol. The highest BCUT2D eigenvalue weighted by Gasteiger charge is 2.34. The predicted molar refractivity (Wildman–Crippen MR) is 93.0 cm³/mol. The molecule has 0 radical (unpaired) electrons. The summed E-state index contributed by atoms with van der Waals surface area (Å²) in [6, 6.07) is 9.15. The molecule has 4 heteroatoms. The van der Waals surface area contributed by atoms with Crippen molar-refractivity contribution in [3.05, 3.63) is 35.6 Å². The van der Waals surface area contributed by atoms with Gasteiger partial charge in [0.25, 0.3) is 0 Å². The lowest BCUT2D eigenvalue weighted by Crippen LogP contribution is -2.49. The third kappa shape index (κ3) is 3.93. The summed E-state index contributed by atoms with van der Waals surface area (Å²) in [5.74, 6) is -0.153. The number of benzene rings is 1. The quantitative estimate of drug-likeness (QED) is 0.920. The van der Waals surface area contributed by atoms with Crippen LogP contribution in [0.2, 0.25) is 0 Å². The van der Waals surface area contributed by atoms with Crippen LogP contribution in [-0.2, 0) is 0 Å². The molecule has 0 saturated carbocycles. The van der Waals surface area contributed by atoms with Crippen molar-refractivity contribution in [2.45, 2.75) is 57.3 Å². The molecule has 1 aromatic rings. The molecule has 2 fully saturated rings. The van der Waals surface area contributed by atoms with Gasteiger partial charge in [0, 0.05) is 30.7 Å². The molecule has 2 aliphatic rings. The maximum atomic E-state index is 13.2. The highest BCUT2D eigenvalue weighted by molar-refractivity contribution is 5.23. The van der Waals surface area contributed by atoms with Crippen LogP contribution in [0.5, 0.6) is 0 Å². The van der Waals surface area contributed by atoms with Crippen LogP contribution in [0.25, 0.3) is 0 Å². The van der Waals surface area contributed by atoms with Gasteiger partial charge < -0.3 is 10.2 Å². The van der Waals surface area contributed by atoms with Crippen LogP contribution in [0.1, 0.15) is 44.7 Å². The van der Waals surface area contributed by atoms with Crippen LogP contribution in [0.3, 0.4) is 0 Å². The fraction of sp³-hybridized carbons (Fsp3) is 0.684. The van der Waals surface area contributed by atoms with Gasteiger partial charge in [0.1, 0.15) is 5.82 Å². The summed E-state index contributed by atoms with van der Waals surface area (Å²) < 4.78 is 13.2. The molecule has 2 saturated heterocycles. The van der Waals surface area contributed by atoms with Gasteiger partial charge in [-0.3, -0.25) is 4.90 Å². The zero-order chi connectivity index (χ0) is 16.4. The molecule has 2 atom stereocenters. The Morgan fingerprint density at radius 1 is 1.04 bits per heavy atom. The maximum Gasteiger partial charge on any atom is 0.123 e. The van der Waals surface area contributed by atoms with Crippen molar-refractivity contribution in [1.29, 1.82) is 0 Å². The highest BCUT2D eigenvalue weighted by Crippen LogP contribution is 2.32. The summed E-state index contributed by atoms with van der Waals surface area (Å²) in [5, 5.41) is 3.91. The number of likely N-dealkylation sites (N-methyl/N-ethyl adjacent to an activating group) is 1. The first kappa shape index (κ1) is 16.9. The zero-order valence-electron chi connectivity index (χ0n) is 14.6. The van der Waals surface area contributed by atoms with E-state index in [9.17, 15) is 4.39 Å². The van der Waals surface area contributed by atoms with E-state index in [0.29, 0.717) is 24.2 Å². The summed E-state index contributed by atoms with van der Waals surface area (Å²) >= 11 is 0. The van der Waals surface area contributed by atoms with Gasteiger partial charge in [-0.1, -0.05) is 12.1 Å². The summed E-state index contributed by atoms with van der Waals surface area (Å²) in [4.78, 5) is 4.96. The van der Waals surface area contributed by atoms with Gasteiger partial charge in [-0.15, -0.1) is 0 Å². The first-order valence-corrected chi connectivity index (χ1v) is 9.00. The Labute approximate surface area is 139 Å². The van der Waals surface area contributed by atoms with Crippen LogP contribution in [0.15, 0.2) is 24.3 Å². The molecule has 0 amide bonds. The highest BCUT2D eigenvalue weighted by atomic mass is 19.1. The van der Waals surface area contributed by atoms with Crippen LogP contribution in [0.4, 0.5) is 4.39 Å². The number of piperidine rings is 1. The van der Waals surface area contributed by atoms with E-state index in [2.05, 4.69) is 36.0 Å². The van der Waals surface area contributed by atoms with E-state index in [1.54, 1.807) is 12.1 Å². The largest absolute Gasteiger partial charge is 0.309 e. The molecule has 0 aliphatic carbocycles. The van der Waals surface area contributed by atoms with Crippen molar-refractivity contribution in [1.82, 2.24) is 15.1 Å². The molecule has 2 heterocycles. The van der Waals surface area contributed by atoms with Crippen LogP contribution in [0, 0.1) is 5.82 Å². The zero-order valence-corrected chi connectivity index (χ0v) is 14.6. The number of hydrogen-bond donors (Lipinski definition) is 1. The second-order valence-electron chi connectivity index (χ2n) is 7.44. The van der Waals surface area contributed by atoms with Gasteiger partial charge >= 0.3 is 0 Å². The third-order valence-corrected chi connectivity index (χ3v) is 5.57. The number of likely N-dealkylation sites (tertiary alicyclic amines) is 2. The van der Waals surface area contributed by atoms with Crippen LogP contribution < -0.4 is 5.32 Å². The lowest BCUT2D eigenvalue weighted by Gasteiger charge is -2.37. The lowest BCUT2D eigenvalue weighted by atomic mass is 9.97. The van der Waals surface area contributed by atoms with Crippen molar-refractivity contribution >= 4 is 0 Å². The molecule has 23 heavy (non-hydrogen) atoms.